The van der Waals surface area contributed by atoms with Crippen LogP contribution in [-0.2, 0) is 34.0 Å². The van der Waals surface area contributed by atoms with Crippen molar-refractivity contribution in [3.63, 3.8) is 0 Å². The Morgan fingerprint density at radius 3 is 2.19 bits per heavy atom. The fraction of sp³-hybridized carbons (Fsp3) is 0.286. The molecule has 0 fully saturated rings. The Morgan fingerprint density at radius 1 is 0.861 bits per heavy atom. The third kappa shape index (κ3) is 6.75. The summed E-state index contributed by atoms with van der Waals surface area (Å²) in [6.07, 6.45) is -0.482. The third-order valence-electron chi connectivity index (χ3n) is 5.57. The Kier molecular flexibility index (Phi) is 9.27. The zero-order valence-corrected chi connectivity index (χ0v) is 20.9. The third-order valence-corrected chi connectivity index (χ3v) is 5.57. The van der Waals surface area contributed by atoms with E-state index in [1.807, 2.05) is 37.3 Å². The smallest absolute Gasteiger partial charge is 0.410 e. The van der Waals surface area contributed by atoms with Gasteiger partial charge in [0.2, 0.25) is 0 Å². The number of benzene rings is 3. The van der Waals surface area contributed by atoms with Crippen molar-refractivity contribution in [1.29, 1.82) is 0 Å². The van der Waals surface area contributed by atoms with Gasteiger partial charge < -0.3 is 23.8 Å². The highest BCUT2D eigenvalue weighted by Gasteiger charge is 2.20. The van der Waals surface area contributed by atoms with Gasteiger partial charge in [-0.3, -0.25) is 4.79 Å². The number of ether oxygens (including phenoxy) is 4. The maximum absolute atomic E-state index is 13.1. The van der Waals surface area contributed by atoms with E-state index in [0.29, 0.717) is 23.6 Å². The lowest BCUT2D eigenvalue weighted by molar-refractivity contribution is -0.142. The first-order valence-electron chi connectivity index (χ1n) is 11.5. The zero-order valence-electron chi connectivity index (χ0n) is 20.9. The van der Waals surface area contributed by atoms with Crippen molar-refractivity contribution in [2.24, 2.45) is 0 Å². The second kappa shape index (κ2) is 12.6. The van der Waals surface area contributed by atoms with Crippen molar-refractivity contribution in [2.75, 3.05) is 20.8 Å². The molecule has 0 aliphatic heterocycles. The Bertz CT molecular complexity index is 1200. The molecule has 3 aromatic rings. The number of carbonyl (C=O) groups is 2. The van der Waals surface area contributed by atoms with Gasteiger partial charge in [0.15, 0.2) is 11.5 Å². The summed E-state index contributed by atoms with van der Waals surface area (Å²) < 4.78 is 35.0. The van der Waals surface area contributed by atoms with Crippen LogP contribution >= 0.6 is 0 Å². The molecule has 0 bridgehead atoms. The minimum Gasteiger partial charge on any atom is -0.493 e. The second-order valence-corrected chi connectivity index (χ2v) is 8.01. The van der Waals surface area contributed by atoms with E-state index < -0.39 is 6.09 Å². The highest BCUT2D eigenvalue weighted by Crippen LogP contribution is 2.41. The van der Waals surface area contributed by atoms with Crippen LogP contribution in [0.1, 0.15) is 30.5 Å². The highest BCUT2D eigenvalue weighted by atomic mass is 19.1. The SMILES string of the molecule is CCN(Cc1ccccc1-c1cc(COC(C)=O)cc(OC)c1OC)C(=O)OCc1ccc(F)cc1. The van der Waals surface area contributed by atoms with Crippen LogP contribution in [0.5, 0.6) is 11.5 Å². The summed E-state index contributed by atoms with van der Waals surface area (Å²) in [5.74, 6) is 0.293. The molecule has 0 unspecified atom stereocenters. The molecule has 7 nitrogen and oxygen atoms in total. The monoisotopic (exact) mass is 495 g/mol. The minimum atomic E-state index is -0.482. The molecule has 0 aliphatic carbocycles. The fourth-order valence-corrected chi connectivity index (χ4v) is 3.74. The van der Waals surface area contributed by atoms with Gasteiger partial charge in [-0.1, -0.05) is 36.4 Å². The second-order valence-electron chi connectivity index (χ2n) is 8.01. The van der Waals surface area contributed by atoms with Crippen LogP contribution in [0.25, 0.3) is 11.1 Å². The molecule has 36 heavy (non-hydrogen) atoms. The number of carbonyl (C=O) groups excluding carboxylic acids is 2. The molecule has 3 aromatic carbocycles. The Balaban J connectivity index is 1.88. The lowest BCUT2D eigenvalue weighted by Crippen LogP contribution is -2.31. The summed E-state index contributed by atoms with van der Waals surface area (Å²) in [5, 5.41) is 0. The molecule has 0 radical (unpaired) electrons. The average molecular weight is 496 g/mol. The zero-order chi connectivity index (χ0) is 26.1. The summed E-state index contributed by atoms with van der Waals surface area (Å²) in [5.41, 5.74) is 3.87. The van der Waals surface area contributed by atoms with Crippen molar-refractivity contribution in [2.45, 2.75) is 33.6 Å². The molecule has 0 saturated carbocycles. The van der Waals surface area contributed by atoms with Gasteiger partial charge in [0, 0.05) is 25.6 Å². The first-order chi connectivity index (χ1) is 17.4. The van der Waals surface area contributed by atoms with Gasteiger partial charge in [-0.25, -0.2) is 9.18 Å². The topological polar surface area (TPSA) is 74.3 Å². The molecular weight excluding hydrogens is 465 g/mol. The maximum atomic E-state index is 13.1. The number of hydrogen-bond acceptors (Lipinski definition) is 6. The van der Waals surface area contributed by atoms with E-state index in [9.17, 15) is 14.0 Å². The van der Waals surface area contributed by atoms with Gasteiger partial charge in [-0.2, -0.15) is 0 Å². The van der Waals surface area contributed by atoms with Gasteiger partial charge in [0.1, 0.15) is 19.0 Å². The number of esters is 1. The summed E-state index contributed by atoms with van der Waals surface area (Å²) >= 11 is 0. The van der Waals surface area contributed by atoms with Crippen molar-refractivity contribution in [3.05, 3.63) is 83.2 Å². The van der Waals surface area contributed by atoms with Crippen LogP contribution in [0.3, 0.4) is 0 Å². The number of nitrogens with zero attached hydrogens (tertiary/aromatic N) is 1. The molecule has 3 rings (SSSR count). The van der Waals surface area contributed by atoms with E-state index in [1.54, 1.807) is 37.3 Å². The van der Waals surface area contributed by atoms with Crippen LogP contribution in [0.15, 0.2) is 60.7 Å². The molecule has 0 N–H and O–H groups in total. The molecule has 0 saturated heterocycles. The Hall–Kier alpha value is -4.07. The van der Waals surface area contributed by atoms with Crippen LogP contribution in [-0.4, -0.2) is 37.7 Å². The first kappa shape index (κ1) is 26.5. The predicted octanol–water partition coefficient (Wildman–Crippen LogP) is 5.73. The number of amides is 1. The van der Waals surface area contributed by atoms with Crippen LogP contribution < -0.4 is 9.47 Å². The first-order valence-corrected chi connectivity index (χ1v) is 11.5. The van der Waals surface area contributed by atoms with E-state index in [-0.39, 0.29) is 31.5 Å². The van der Waals surface area contributed by atoms with Crippen molar-refractivity contribution in [1.82, 2.24) is 4.90 Å². The number of hydrogen-bond donors (Lipinski definition) is 0. The Labute approximate surface area is 210 Å². The molecule has 1 amide bonds. The molecule has 0 spiro atoms. The van der Waals surface area contributed by atoms with Crippen molar-refractivity contribution < 1.29 is 32.9 Å². The lowest BCUT2D eigenvalue weighted by atomic mass is 9.96. The van der Waals surface area contributed by atoms with Crippen LogP contribution in [0, 0.1) is 5.82 Å². The molecule has 0 aliphatic rings. The summed E-state index contributed by atoms with van der Waals surface area (Å²) in [4.78, 5) is 25.7. The summed E-state index contributed by atoms with van der Waals surface area (Å²) in [6.45, 7) is 4.05. The normalized spacial score (nSPS) is 10.5. The van der Waals surface area contributed by atoms with E-state index in [0.717, 1.165) is 22.3 Å². The van der Waals surface area contributed by atoms with E-state index in [4.69, 9.17) is 18.9 Å². The van der Waals surface area contributed by atoms with E-state index >= 15 is 0 Å². The Morgan fingerprint density at radius 2 is 1.56 bits per heavy atom. The largest absolute Gasteiger partial charge is 0.493 e. The van der Waals surface area contributed by atoms with Gasteiger partial charge in [0.05, 0.1) is 14.2 Å². The fourth-order valence-electron chi connectivity index (χ4n) is 3.74. The molecule has 0 aromatic heterocycles. The van der Waals surface area contributed by atoms with E-state index in [2.05, 4.69) is 0 Å². The number of methoxy groups -OCH3 is 2. The molecular formula is C28H30FNO6. The summed E-state index contributed by atoms with van der Waals surface area (Å²) in [6, 6.07) is 17.1. The molecule has 0 heterocycles. The van der Waals surface area contributed by atoms with Crippen LogP contribution in [0.2, 0.25) is 0 Å². The van der Waals surface area contributed by atoms with Gasteiger partial charge in [-0.05, 0) is 53.4 Å². The predicted molar refractivity (Wildman–Crippen MR) is 133 cm³/mol. The molecule has 0 atom stereocenters. The minimum absolute atomic E-state index is 0.0421. The quantitative estimate of drug-likeness (QED) is 0.334. The van der Waals surface area contributed by atoms with E-state index in [1.165, 1.54) is 19.1 Å². The number of rotatable bonds is 10. The van der Waals surface area contributed by atoms with Gasteiger partial charge in [0.25, 0.3) is 0 Å². The number of halogens is 1. The lowest BCUT2D eigenvalue weighted by Gasteiger charge is -2.23. The average Bonchev–Trinajstić information content (AvgIpc) is 2.89. The molecule has 8 heteroatoms. The molecule has 190 valence electrons. The highest BCUT2D eigenvalue weighted by molar-refractivity contribution is 5.78. The summed E-state index contributed by atoms with van der Waals surface area (Å²) in [7, 11) is 3.10. The maximum Gasteiger partial charge on any atom is 0.410 e. The van der Waals surface area contributed by atoms with Crippen molar-refractivity contribution in [3.8, 4) is 22.6 Å². The van der Waals surface area contributed by atoms with Crippen molar-refractivity contribution >= 4 is 12.1 Å². The van der Waals surface area contributed by atoms with Gasteiger partial charge in [-0.15, -0.1) is 0 Å². The van der Waals surface area contributed by atoms with Gasteiger partial charge >= 0.3 is 12.1 Å². The standard InChI is InChI=1S/C28H30FNO6/c1-5-30(28(32)36-17-20-10-12-23(29)13-11-20)16-22-8-6-7-9-24(22)25-14-21(18-35-19(2)31)15-26(33-3)27(25)34-4/h6-15H,5,16-18H2,1-4H3. The van der Waals surface area contributed by atoms with Crippen LogP contribution in [0.4, 0.5) is 9.18 Å².